The molecule has 21 heavy (non-hydrogen) atoms. The Bertz CT molecular complexity index is 427. The molecule has 0 aliphatic carbocycles. The highest BCUT2D eigenvalue weighted by Crippen LogP contribution is 2.25. The van der Waals surface area contributed by atoms with Crippen LogP contribution in [0.4, 0.5) is 0 Å². The van der Waals surface area contributed by atoms with E-state index in [1.807, 2.05) is 6.07 Å². The molecule has 0 amide bonds. The van der Waals surface area contributed by atoms with Gasteiger partial charge in [-0.05, 0) is 49.9 Å². The van der Waals surface area contributed by atoms with Crippen molar-refractivity contribution in [1.29, 1.82) is 0 Å². The van der Waals surface area contributed by atoms with Crippen molar-refractivity contribution < 1.29 is 4.74 Å². The van der Waals surface area contributed by atoms with Crippen molar-refractivity contribution in [2.75, 3.05) is 26.7 Å². The molecule has 1 saturated heterocycles. The molecule has 1 aliphatic heterocycles. The van der Waals surface area contributed by atoms with E-state index < -0.39 is 0 Å². The number of nitrogens with one attached hydrogen (secondary N) is 1. The van der Waals surface area contributed by atoms with Gasteiger partial charge < -0.3 is 10.1 Å². The Labute approximate surface area is 129 Å². The SMILES string of the molecule is COc1cccc(C(C)N(CC(C)C)CC2CCCN2)c1. The van der Waals surface area contributed by atoms with E-state index in [0.29, 0.717) is 18.0 Å². The highest BCUT2D eigenvalue weighted by molar-refractivity contribution is 5.30. The van der Waals surface area contributed by atoms with E-state index in [1.54, 1.807) is 7.11 Å². The summed E-state index contributed by atoms with van der Waals surface area (Å²) in [5.41, 5.74) is 1.34. The molecule has 0 aromatic heterocycles. The second-order valence-corrected chi connectivity index (χ2v) is 6.59. The molecule has 2 rings (SSSR count). The van der Waals surface area contributed by atoms with Crippen molar-refractivity contribution in [2.45, 2.75) is 45.7 Å². The van der Waals surface area contributed by atoms with Crippen LogP contribution in [0, 0.1) is 5.92 Å². The van der Waals surface area contributed by atoms with Crippen LogP contribution in [-0.4, -0.2) is 37.7 Å². The molecule has 2 unspecified atom stereocenters. The number of hydrogen-bond donors (Lipinski definition) is 1. The van der Waals surface area contributed by atoms with Crippen molar-refractivity contribution in [3.63, 3.8) is 0 Å². The number of methoxy groups -OCH3 is 1. The Kier molecular flexibility index (Phi) is 6.07. The van der Waals surface area contributed by atoms with Crippen molar-refractivity contribution in [2.24, 2.45) is 5.92 Å². The molecule has 2 atom stereocenters. The van der Waals surface area contributed by atoms with Gasteiger partial charge in [-0.2, -0.15) is 0 Å². The van der Waals surface area contributed by atoms with Gasteiger partial charge in [0.05, 0.1) is 7.11 Å². The van der Waals surface area contributed by atoms with Gasteiger partial charge in [0.2, 0.25) is 0 Å². The minimum absolute atomic E-state index is 0.421. The third kappa shape index (κ3) is 4.72. The first kappa shape index (κ1) is 16.3. The number of rotatable bonds is 7. The van der Waals surface area contributed by atoms with Gasteiger partial charge >= 0.3 is 0 Å². The summed E-state index contributed by atoms with van der Waals surface area (Å²) in [6.45, 7) is 10.4. The fourth-order valence-corrected chi connectivity index (χ4v) is 3.17. The zero-order valence-corrected chi connectivity index (χ0v) is 13.9. The Hall–Kier alpha value is -1.06. The summed E-state index contributed by atoms with van der Waals surface area (Å²) in [4.78, 5) is 2.61. The summed E-state index contributed by atoms with van der Waals surface area (Å²) < 4.78 is 5.37. The molecule has 1 aliphatic rings. The third-order valence-corrected chi connectivity index (χ3v) is 4.34. The quantitative estimate of drug-likeness (QED) is 0.832. The van der Waals surface area contributed by atoms with Gasteiger partial charge in [0.15, 0.2) is 0 Å². The molecule has 0 radical (unpaired) electrons. The summed E-state index contributed by atoms with van der Waals surface area (Å²) in [5.74, 6) is 1.63. The second-order valence-electron chi connectivity index (χ2n) is 6.59. The van der Waals surface area contributed by atoms with E-state index in [0.717, 1.165) is 18.8 Å². The van der Waals surface area contributed by atoms with Crippen LogP contribution in [0.1, 0.15) is 45.2 Å². The first-order valence-corrected chi connectivity index (χ1v) is 8.21. The zero-order chi connectivity index (χ0) is 15.2. The molecule has 0 spiro atoms. The van der Waals surface area contributed by atoms with Crippen LogP contribution >= 0.6 is 0 Å². The average Bonchev–Trinajstić information content (AvgIpc) is 2.98. The number of ether oxygens (including phenoxy) is 1. The minimum atomic E-state index is 0.421. The van der Waals surface area contributed by atoms with Crippen LogP contribution in [0.2, 0.25) is 0 Å². The second kappa shape index (κ2) is 7.81. The average molecular weight is 290 g/mol. The van der Waals surface area contributed by atoms with Crippen LogP contribution < -0.4 is 10.1 Å². The van der Waals surface area contributed by atoms with E-state index in [4.69, 9.17) is 4.74 Å². The van der Waals surface area contributed by atoms with Gasteiger partial charge in [0.1, 0.15) is 5.75 Å². The normalized spacial score (nSPS) is 20.2. The van der Waals surface area contributed by atoms with Crippen molar-refractivity contribution in [3.8, 4) is 5.75 Å². The number of hydrogen-bond acceptors (Lipinski definition) is 3. The summed E-state index contributed by atoms with van der Waals surface area (Å²) in [7, 11) is 1.73. The summed E-state index contributed by atoms with van der Waals surface area (Å²) in [6, 6.07) is 9.55. The third-order valence-electron chi connectivity index (χ3n) is 4.34. The van der Waals surface area contributed by atoms with Crippen molar-refractivity contribution in [3.05, 3.63) is 29.8 Å². The standard InChI is InChI=1S/C18H30N2O/c1-14(2)12-20(13-17-8-6-10-19-17)15(3)16-7-5-9-18(11-16)21-4/h5,7,9,11,14-15,17,19H,6,8,10,12-13H2,1-4H3. The predicted molar refractivity (Wildman–Crippen MR) is 88.8 cm³/mol. The van der Waals surface area contributed by atoms with Crippen molar-refractivity contribution >= 4 is 0 Å². The lowest BCUT2D eigenvalue weighted by molar-refractivity contribution is 0.171. The van der Waals surface area contributed by atoms with Crippen LogP contribution in [0.15, 0.2) is 24.3 Å². The van der Waals surface area contributed by atoms with E-state index in [-0.39, 0.29) is 0 Å². The van der Waals surface area contributed by atoms with Gasteiger partial charge in [-0.1, -0.05) is 26.0 Å². The maximum Gasteiger partial charge on any atom is 0.119 e. The molecule has 3 nitrogen and oxygen atoms in total. The van der Waals surface area contributed by atoms with Gasteiger partial charge in [-0.15, -0.1) is 0 Å². The van der Waals surface area contributed by atoms with Crippen LogP contribution in [0.25, 0.3) is 0 Å². The molecule has 0 saturated carbocycles. The van der Waals surface area contributed by atoms with E-state index in [1.165, 1.54) is 24.9 Å². The monoisotopic (exact) mass is 290 g/mol. The van der Waals surface area contributed by atoms with Crippen molar-refractivity contribution in [1.82, 2.24) is 10.2 Å². The van der Waals surface area contributed by atoms with E-state index in [2.05, 4.69) is 49.2 Å². The van der Waals surface area contributed by atoms with Gasteiger partial charge in [0.25, 0.3) is 0 Å². The van der Waals surface area contributed by atoms with Gasteiger partial charge in [0, 0.05) is 25.2 Å². The van der Waals surface area contributed by atoms with Gasteiger partial charge in [-0.3, -0.25) is 4.90 Å². The van der Waals surface area contributed by atoms with Crippen LogP contribution in [-0.2, 0) is 0 Å². The zero-order valence-electron chi connectivity index (χ0n) is 13.9. The molecule has 118 valence electrons. The Morgan fingerprint density at radius 1 is 1.33 bits per heavy atom. The lowest BCUT2D eigenvalue weighted by Crippen LogP contribution is -2.40. The smallest absolute Gasteiger partial charge is 0.119 e. The molecule has 1 heterocycles. The molecular formula is C18H30N2O. The first-order chi connectivity index (χ1) is 10.1. The molecule has 1 fully saturated rings. The summed E-state index contributed by atoms with van der Waals surface area (Å²) in [5, 5.41) is 3.62. The van der Waals surface area contributed by atoms with Crippen LogP contribution in [0.5, 0.6) is 5.75 Å². The Morgan fingerprint density at radius 3 is 2.76 bits per heavy atom. The first-order valence-electron chi connectivity index (χ1n) is 8.21. The maximum atomic E-state index is 5.37. The fraction of sp³-hybridized carbons (Fsp3) is 0.667. The van der Waals surface area contributed by atoms with Crippen LogP contribution in [0.3, 0.4) is 0 Å². The lowest BCUT2D eigenvalue weighted by atomic mass is 10.0. The molecule has 0 bridgehead atoms. The lowest BCUT2D eigenvalue weighted by Gasteiger charge is -2.33. The molecule has 1 aromatic rings. The summed E-state index contributed by atoms with van der Waals surface area (Å²) in [6.07, 6.45) is 2.62. The minimum Gasteiger partial charge on any atom is -0.497 e. The topological polar surface area (TPSA) is 24.5 Å². The largest absolute Gasteiger partial charge is 0.497 e. The fourth-order valence-electron chi connectivity index (χ4n) is 3.17. The molecule has 1 aromatic carbocycles. The molecular weight excluding hydrogens is 260 g/mol. The van der Waals surface area contributed by atoms with E-state index in [9.17, 15) is 0 Å². The van der Waals surface area contributed by atoms with E-state index >= 15 is 0 Å². The summed E-state index contributed by atoms with van der Waals surface area (Å²) >= 11 is 0. The number of benzene rings is 1. The Balaban J connectivity index is 2.09. The highest BCUT2D eigenvalue weighted by Gasteiger charge is 2.23. The molecule has 1 N–H and O–H groups in total. The number of nitrogens with zero attached hydrogens (tertiary/aromatic N) is 1. The maximum absolute atomic E-state index is 5.37. The molecule has 3 heteroatoms. The Morgan fingerprint density at radius 2 is 2.14 bits per heavy atom. The predicted octanol–water partition coefficient (Wildman–Crippen LogP) is 3.47. The highest BCUT2D eigenvalue weighted by atomic mass is 16.5. The van der Waals surface area contributed by atoms with Gasteiger partial charge in [-0.25, -0.2) is 0 Å².